The fourth-order valence-electron chi connectivity index (χ4n) is 2.17. The van der Waals surface area contributed by atoms with Crippen LogP contribution in [0.25, 0.3) is 0 Å². The van der Waals surface area contributed by atoms with Gasteiger partial charge in [0.2, 0.25) is 0 Å². The molecule has 1 nitrogen and oxygen atoms in total. The summed E-state index contributed by atoms with van der Waals surface area (Å²) in [7, 11) is 1.79. The van der Waals surface area contributed by atoms with E-state index < -0.39 is 0 Å². The Hall–Kier alpha value is -1.26. The summed E-state index contributed by atoms with van der Waals surface area (Å²) in [6, 6.07) is 9.20. The molecule has 0 aliphatic rings. The van der Waals surface area contributed by atoms with Crippen molar-refractivity contribution < 1.29 is 8.78 Å². The molecule has 0 saturated carbocycles. The van der Waals surface area contributed by atoms with Crippen molar-refractivity contribution in [2.24, 2.45) is 0 Å². The molecular weight excluding hydrogens is 312 g/mol. The maximum absolute atomic E-state index is 13.5. The van der Waals surface area contributed by atoms with Gasteiger partial charge in [-0.3, -0.25) is 0 Å². The van der Waals surface area contributed by atoms with Gasteiger partial charge in [0, 0.05) is 4.47 Å². The third kappa shape index (κ3) is 3.19. The van der Waals surface area contributed by atoms with Gasteiger partial charge in [-0.05, 0) is 54.9 Å². The lowest BCUT2D eigenvalue weighted by Gasteiger charge is -2.19. The van der Waals surface area contributed by atoms with Gasteiger partial charge in [0.1, 0.15) is 11.6 Å². The molecule has 0 fully saturated rings. The third-order valence-corrected chi connectivity index (χ3v) is 3.65. The normalized spacial score (nSPS) is 12.5. The molecule has 0 saturated heterocycles. The van der Waals surface area contributed by atoms with Crippen molar-refractivity contribution in [3.63, 3.8) is 0 Å². The standard InChI is InChI=1S/C15H14BrF2N/c1-9-5-10(7-12(18)6-9)15(19-2)13-4-3-11(17)8-14(13)16/h3-8,15,19H,1-2H3. The van der Waals surface area contributed by atoms with E-state index in [1.807, 2.05) is 13.0 Å². The number of hydrogen-bond acceptors (Lipinski definition) is 1. The lowest BCUT2D eigenvalue weighted by Crippen LogP contribution is -2.18. The number of halogens is 3. The maximum Gasteiger partial charge on any atom is 0.124 e. The Morgan fingerprint density at radius 3 is 2.37 bits per heavy atom. The van der Waals surface area contributed by atoms with Crippen LogP contribution in [0.15, 0.2) is 40.9 Å². The molecule has 0 radical (unpaired) electrons. The highest BCUT2D eigenvalue weighted by Gasteiger charge is 2.16. The SMILES string of the molecule is CNC(c1cc(C)cc(F)c1)c1ccc(F)cc1Br. The van der Waals surface area contributed by atoms with Crippen molar-refractivity contribution in [2.45, 2.75) is 13.0 Å². The monoisotopic (exact) mass is 325 g/mol. The van der Waals surface area contributed by atoms with Crippen LogP contribution >= 0.6 is 15.9 Å². The smallest absolute Gasteiger partial charge is 0.124 e. The molecule has 0 spiro atoms. The lowest BCUT2D eigenvalue weighted by atomic mass is 9.97. The highest BCUT2D eigenvalue weighted by Crippen LogP contribution is 2.29. The van der Waals surface area contributed by atoms with E-state index in [0.29, 0.717) is 4.47 Å². The Morgan fingerprint density at radius 1 is 1.05 bits per heavy atom. The fourth-order valence-corrected chi connectivity index (χ4v) is 2.75. The second-order valence-electron chi connectivity index (χ2n) is 4.45. The van der Waals surface area contributed by atoms with Crippen LogP contribution in [0.5, 0.6) is 0 Å². The van der Waals surface area contributed by atoms with Crippen LogP contribution in [-0.2, 0) is 0 Å². The van der Waals surface area contributed by atoms with Crippen LogP contribution in [0.4, 0.5) is 8.78 Å². The topological polar surface area (TPSA) is 12.0 Å². The number of aryl methyl sites for hydroxylation is 1. The summed E-state index contributed by atoms with van der Waals surface area (Å²) in [5, 5.41) is 3.13. The maximum atomic E-state index is 13.5. The molecule has 0 bridgehead atoms. The van der Waals surface area contributed by atoms with Gasteiger partial charge < -0.3 is 5.32 Å². The summed E-state index contributed by atoms with van der Waals surface area (Å²) >= 11 is 3.35. The minimum absolute atomic E-state index is 0.190. The summed E-state index contributed by atoms with van der Waals surface area (Å²) < 4.78 is 27.3. The van der Waals surface area contributed by atoms with Gasteiger partial charge >= 0.3 is 0 Å². The molecule has 0 aliphatic heterocycles. The first-order chi connectivity index (χ1) is 9.01. The van der Waals surface area contributed by atoms with E-state index >= 15 is 0 Å². The molecule has 0 aliphatic carbocycles. The molecule has 1 atom stereocenters. The van der Waals surface area contributed by atoms with Gasteiger partial charge in [-0.2, -0.15) is 0 Å². The Labute approximate surface area is 119 Å². The van der Waals surface area contributed by atoms with E-state index in [2.05, 4.69) is 21.2 Å². The zero-order valence-corrected chi connectivity index (χ0v) is 12.3. The number of rotatable bonds is 3. The van der Waals surface area contributed by atoms with Crippen LogP contribution in [0, 0.1) is 18.6 Å². The molecule has 2 aromatic rings. The minimum Gasteiger partial charge on any atom is -0.309 e. The molecule has 2 aromatic carbocycles. The Bertz CT molecular complexity index is 578. The Kier molecular flexibility index (Phi) is 4.32. The van der Waals surface area contributed by atoms with Crippen molar-refractivity contribution >= 4 is 15.9 Å². The van der Waals surface area contributed by atoms with Gasteiger partial charge in [0.25, 0.3) is 0 Å². The third-order valence-electron chi connectivity index (χ3n) is 2.96. The van der Waals surface area contributed by atoms with Gasteiger partial charge in [-0.15, -0.1) is 0 Å². The molecular formula is C15H14BrF2N. The van der Waals surface area contributed by atoms with Gasteiger partial charge in [-0.1, -0.05) is 28.1 Å². The molecule has 0 amide bonds. The van der Waals surface area contributed by atoms with Crippen LogP contribution in [0.3, 0.4) is 0 Å². The molecule has 100 valence electrons. The zero-order valence-electron chi connectivity index (χ0n) is 10.7. The summed E-state index contributed by atoms with van der Waals surface area (Å²) in [4.78, 5) is 0. The van der Waals surface area contributed by atoms with E-state index in [1.165, 1.54) is 24.3 Å². The number of benzene rings is 2. The fraction of sp³-hybridized carbons (Fsp3) is 0.200. The zero-order chi connectivity index (χ0) is 14.0. The van der Waals surface area contributed by atoms with E-state index in [9.17, 15) is 8.78 Å². The average molecular weight is 326 g/mol. The quantitative estimate of drug-likeness (QED) is 0.884. The molecule has 1 N–H and O–H groups in total. The first-order valence-electron chi connectivity index (χ1n) is 5.90. The molecule has 0 heterocycles. The van der Waals surface area contributed by atoms with Crippen molar-refractivity contribution in [3.05, 3.63) is 69.2 Å². The molecule has 19 heavy (non-hydrogen) atoms. The van der Waals surface area contributed by atoms with E-state index in [0.717, 1.165) is 16.7 Å². The van der Waals surface area contributed by atoms with Gasteiger partial charge in [0.15, 0.2) is 0 Å². The van der Waals surface area contributed by atoms with Gasteiger partial charge in [0.05, 0.1) is 6.04 Å². The van der Waals surface area contributed by atoms with Crippen molar-refractivity contribution in [1.82, 2.24) is 5.32 Å². The number of nitrogens with one attached hydrogen (secondary N) is 1. The van der Waals surface area contributed by atoms with Crippen LogP contribution in [-0.4, -0.2) is 7.05 Å². The summed E-state index contributed by atoms with van der Waals surface area (Å²) in [6.07, 6.45) is 0. The lowest BCUT2D eigenvalue weighted by molar-refractivity contribution is 0.610. The molecule has 0 aromatic heterocycles. The molecule has 2 rings (SSSR count). The second kappa shape index (κ2) is 5.80. The first-order valence-corrected chi connectivity index (χ1v) is 6.70. The van der Waals surface area contributed by atoms with Crippen molar-refractivity contribution in [2.75, 3.05) is 7.05 Å². The van der Waals surface area contributed by atoms with E-state index in [4.69, 9.17) is 0 Å². The summed E-state index contributed by atoms with van der Waals surface area (Å²) in [5.74, 6) is -0.575. The highest BCUT2D eigenvalue weighted by atomic mass is 79.9. The highest BCUT2D eigenvalue weighted by molar-refractivity contribution is 9.10. The predicted molar refractivity (Wildman–Crippen MR) is 76.1 cm³/mol. The average Bonchev–Trinajstić information content (AvgIpc) is 2.31. The van der Waals surface area contributed by atoms with E-state index in [1.54, 1.807) is 13.1 Å². The van der Waals surface area contributed by atoms with Crippen molar-refractivity contribution in [1.29, 1.82) is 0 Å². The van der Waals surface area contributed by atoms with Crippen LogP contribution < -0.4 is 5.32 Å². The molecule has 1 unspecified atom stereocenters. The summed E-state index contributed by atoms with van der Waals surface area (Å²) in [5.41, 5.74) is 2.54. The Morgan fingerprint density at radius 2 is 1.79 bits per heavy atom. The van der Waals surface area contributed by atoms with E-state index in [-0.39, 0.29) is 17.7 Å². The second-order valence-corrected chi connectivity index (χ2v) is 5.30. The summed E-state index contributed by atoms with van der Waals surface area (Å²) in [6.45, 7) is 1.85. The van der Waals surface area contributed by atoms with Crippen LogP contribution in [0.2, 0.25) is 0 Å². The Balaban J connectivity index is 2.49. The van der Waals surface area contributed by atoms with Crippen molar-refractivity contribution in [3.8, 4) is 0 Å². The number of hydrogen-bond donors (Lipinski definition) is 1. The first kappa shape index (κ1) is 14.2. The molecule has 4 heteroatoms. The largest absolute Gasteiger partial charge is 0.309 e. The minimum atomic E-state index is -0.305. The van der Waals surface area contributed by atoms with Crippen LogP contribution in [0.1, 0.15) is 22.7 Å². The predicted octanol–water partition coefficient (Wildman–Crippen LogP) is 4.34. The van der Waals surface area contributed by atoms with Gasteiger partial charge in [-0.25, -0.2) is 8.78 Å².